The molecule has 10 heteroatoms. The van der Waals surface area contributed by atoms with E-state index in [4.69, 9.17) is 9.15 Å². The molecule has 0 aliphatic heterocycles. The molecule has 0 saturated heterocycles. The number of hydrogen-bond donors (Lipinski definition) is 1. The number of rotatable bonds is 5. The summed E-state index contributed by atoms with van der Waals surface area (Å²) in [5.41, 5.74) is 0.0718. The summed E-state index contributed by atoms with van der Waals surface area (Å²) in [6, 6.07) is 2.24. The van der Waals surface area contributed by atoms with Crippen molar-refractivity contribution >= 4 is 34.2 Å². The average molecular weight is 311 g/mol. The highest BCUT2D eigenvalue weighted by Gasteiger charge is 2.19. The van der Waals surface area contributed by atoms with Crippen LogP contribution in [-0.4, -0.2) is 28.4 Å². The number of nitrogens with zero attached hydrogens (tertiary/aromatic N) is 2. The summed E-state index contributed by atoms with van der Waals surface area (Å²) >= 11 is 1.02. The summed E-state index contributed by atoms with van der Waals surface area (Å²) in [5.74, 6) is -2.06. The number of ether oxygens (including phenoxy) is 1. The molecule has 2 rings (SSSR count). The van der Waals surface area contributed by atoms with E-state index in [0.717, 1.165) is 17.4 Å². The first-order valence-corrected chi connectivity index (χ1v) is 6.57. The fourth-order valence-corrected chi connectivity index (χ4v) is 2.01. The molecule has 0 spiro atoms. The molecule has 0 saturated carbocycles. The number of anilines is 1. The van der Waals surface area contributed by atoms with Crippen molar-refractivity contribution in [3.05, 3.63) is 39.1 Å². The molecular formula is C11H9N3O6S. The Morgan fingerprint density at radius 2 is 2.29 bits per heavy atom. The molecule has 9 nitrogen and oxygen atoms in total. The fraction of sp³-hybridized carbons (Fsp3) is 0.182. The van der Waals surface area contributed by atoms with E-state index in [1.165, 1.54) is 11.4 Å². The van der Waals surface area contributed by atoms with E-state index in [1.807, 2.05) is 0 Å². The predicted octanol–water partition coefficient (Wildman–Crippen LogP) is 2.07. The van der Waals surface area contributed by atoms with Crippen molar-refractivity contribution in [1.29, 1.82) is 0 Å². The highest BCUT2D eigenvalue weighted by Crippen LogP contribution is 2.20. The lowest BCUT2D eigenvalue weighted by atomic mass is 10.4. The molecule has 2 aromatic heterocycles. The van der Waals surface area contributed by atoms with Crippen LogP contribution in [0.5, 0.6) is 0 Å². The van der Waals surface area contributed by atoms with Crippen LogP contribution in [0.1, 0.15) is 28.0 Å². The van der Waals surface area contributed by atoms with Gasteiger partial charge in [0.05, 0.1) is 12.7 Å². The molecule has 1 amide bonds. The number of carbonyl (C=O) groups is 2. The number of amides is 1. The maximum atomic E-state index is 11.8. The van der Waals surface area contributed by atoms with Gasteiger partial charge in [-0.15, -0.1) is 11.3 Å². The Morgan fingerprint density at radius 3 is 2.90 bits per heavy atom. The number of aromatic nitrogens is 1. The molecule has 2 heterocycles. The summed E-state index contributed by atoms with van der Waals surface area (Å²) in [5, 5.41) is 14.4. The van der Waals surface area contributed by atoms with E-state index in [2.05, 4.69) is 10.3 Å². The summed E-state index contributed by atoms with van der Waals surface area (Å²) in [6.45, 7) is 1.88. The lowest BCUT2D eigenvalue weighted by Crippen LogP contribution is -2.11. The zero-order valence-electron chi connectivity index (χ0n) is 10.7. The summed E-state index contributed by atoms with van der Waals surface area (Å²) in [4.78, 5) is 36.8. The normalized spacial score (nSPS) is 10.1. The van der Waals surface area contributed by atoms with E-state index in [9.17, 15) is 19.7 Å². The van der Waals surface area contributed by atoms with Crippen molar-refractivity contribution in [1.82, 2.24) is 4.98 Å². The third-order valence-electron chi connectivity index (χ3n) is 2.20. The molecule has 1 N–H and O–H groups in total. The van der Waals surface area contributed by atoms with Crippen LogP contribution in [0.4, 0.5) is 11.0 Å². The van der Waals surface area contributed by atoms with Crippen LogP contribution in [0.25, 0.3) is 0 Å². The van der Waals surface area contributed by atoms with Crippen molar-refractivity contribution in [3.63, 3.8) is 0 Å². The molecule has 0 radical (unpaired) electrons. The van der Waals surface area contributed by atoms with Gasteiger partial charge in [-0.25, -0.2) is 9.78 Å². The van der Waals surface area contributed by atoms with Gasteiger partial charge in [-0.3, -0.25) is 20.2 Å². The van der Waals surface area contributed by atoms with Crippen LogP contribution in [0, 0.1) is 10.1 Å². The lowest BCUT2D eigenvalue weighted by Gasteiger charge is -1.98. The number of furan rings is 1. The van der Waals surface area contributed by atoms with Crippen LogP contribution in [0.15, 0.2) is 21.9 Å². The maximum absolute atomic E-state index is 11.8. The van der Waals surface area contributed by atoms with Crippen molar-refractivity contribution in [2.45, 2.75) is 6.92 Å². The zero-order chi connectivity index (χ0) is 15.4. The minimum atomic E-state index is -0.751. The molecule has 0 aliphatic rings. The number of esters is 1. The first-order chi connectivity index (χ1) is 10.0. The van der Waals surface area contributed by atoms with Gasteiger partial charge in [0.15, 0.2) is 16.6 Å². The highest BCUT2D eigenvalue weighted by molar-refractivity contribution is 7.14. The second-order valence-electron chi connectivity index (χ2n) is 3.61. The van der Waals surface area contributed by atoms with Crippen LogP contribution in [0.3, 0.4) is 0 Å². The molecule has 21 heavy (non-hydrogen) atoms. The zero-order valence-corrected chi connectivity index (χ0v) is 11.5. The van der Waals surface area contributed by atoms with E-state index in [0.29, 0.717) is 0 Å². The molecule has 0 bridgehead atoms. The predicted molar refractivity (Wildman–Crippen MR) is 71.4 cm³/mol. The molecule has 110 valence electrons. The molecule has 0 fully saturated rings. The topological polar surface area (TPSA) is 125 Å². The summed E-state index contributed by atoms with van der Waals surface area (Å²) < 4.78 is 9.51. The van der Waals surface area contributed by atoms with Gasteiger partial charge in [-0.05, 0) is 13.0 Å². The van der Waals surface area contributed by atoms with E-state index in [1.54, 1.807) is 6.92 Å². The van der Waals surface area contributed by atoms with E-state index in [-0.39, 0.29) is 23.2 Å². The van der Waals surface area contributed by atoms with Crippen molar-refractivity contribution in [2.24, 2.45) is 0 Å². The van der Waals surface area contributed by atoms with Gasteiger partial charge in [-0.2, -0.15) is 0 Å². The van der Waals surface area contributed by atoms with E-state index >= 15 is 0 Å². The van der Waals surface area contributed by atoms with Gasteiger partial charge in [-0.1, -0.05) is 0 Å². The van der Waals surface area contributed by atoms with E-state index < -0.39 is 22.7 Å². The van der Waals surface area contributed by atoms with Gasteiger partial charge in [0.25, 0.3) is 5.91 Å². The van der Waals surface area contributed by atoms with Crippen LogP contribution in [-0.2, 0) is 4.74 Å². The largest absolute Gasteiger partial charge is 0.461 e. The Balaban J connectivity index is 2.05. The number of thiazole rings is 1. The Hall–Kier alpha value is -2.75. The third-order valence-corrected chi connectivity index (χ3v) is 2.96. The fourth-order valence-electron chi connectivity index (χ4n) is 1.34. The number of hydrogen-bond acceptors (Lipinski definition) is 8. The SMILES string of the molecule is CCOC(=O)c1csc(NC(=O)c2ccc([N+](=O)[O-])o2)n1. The lowest BCUT2D eigenvalue weighted by molar-refractivity contribution is -0.402. The maximum Gasteiger partial charge on any atom is 0.433 e. The second-order valence-corrected chi connectivity index (χ2v) is 4.47. The second kappa shape index (κ2) is 6.13. The number of carbonyl (C=O) groups excluding carboxylic acids is 2. The van der Waals surface area contributed by atoms with Crippen LogP contribution >= 0.6 is 11.3 Å². The van der Waals surface area contributed by atoms with Gasteiger partial charge in [0.1, 0.15) is 4.92 Å². The Morgan fingerprint density at radius 1 is 1.52 bits per heavy atom. The molecule has 0 aromatic carbocycles. The molecule has 0 unspecified atom stereocenters. The van der Waals surface area contributed by atoms with Crippen molar-refractivity contribution < 1.29 is 23.7 Å². The Kier molecular flexibility index (Phi) is 4.28. The Bertz CT molecular complexity index is 692. The summed E-state index contributed by atoms with van der Waals surface area (Å²) in [7, 11) is 0. The van der Waals surface area contributed by atoms with Crippen molar-refractivity contribution in [2.75, 3.05) is 11.9 Å². The smallest absolute Gasteiger partial charge is 0.433 e. The highest BCUT2D eigenvalue weighted by atomic mass is 32.1. The standard InChI is InChI=1S/C11H9N3O6S/c1-2-19-10(16)6-5-21-11(12-6)13-9(15)7-3-4-8(20-7)14(17)18/h3-5H,2H2,1H3,(H,12,13,15). The van der Waals surface area contributed by atoms with Gasteiger partial charge >= 0.3 is 11.9 Å². The van der Waals surface area contributed by atoms with Crippen molar-refractivity contribution in [3.8, 4) is 0 Å². The molecular weight excluding hydrogens is 302 g/mol. The monoisotopic (exact) mass is 311 g/mol. The molecule has 0 atom stereocenters. The average Bonchev–Trinajstić information content (AvgIpc) is 3.07. The Labute approximate surface area is 121 Å². The molecule has 2 aromatic rings. The molecule has 0 aliphatic carbocycles. The first-order valence-electron chi connectivity index (χ1n) is 5.69. The quantitative estimate of drug-likeness (QED) is 0.509. The number of nitrogens with one attached hydrogen (secondary N) is 1. The minimum absolute atomic E-state index is 0.0718. The number of nitro groups is 1. The minimum Gasteiger partial charge on any atom is -0.461 e. The van der Waals surface area contributed by atoms with Crippen LogP contribution in [0.2, 0.25) is 0 Å². The first kappa shape index (κ1) is 14.7. The van der Waals surface area contributed by atoms with Crippen LogP contribution < -0.4 is 5.32 Å². The summed E-state index contributed by atoms with van der Waals surface area (Å²) in [6.07, 6.45) is 0. The van der Waals surface area contributed by atoms with Gasteiger partial charge in [0, 0.05) is 5.38 Å². The van der Waals surface area contributed by atoms with Gasteiger partial charge in [0.2, 0.25) is 0 Å². The third kappa shape index (κ3) is 3.42. The van der Waals surface area contributed by atoms with Gasteiger partial charge < -0.3 is 9.15 Å².